The number of nitrogens with two attached hydrogens (primary N) is 1. The normalized spacial score (nSPS) is 12.5. The number of halogens is 2. The van der Waals surface area contributed by atoms with Crippen molar-refractivity contribution in [3.8, 4) is 0 Å². The Hall–Kier alpha value is -0.570. The lowest BCUT2D eigenvalue weighted by Crippen LogP contribution is -2.24. The van der Waals surface area contributed by atoms with Gasteiger partial charge in [-0.1, -0.05) is 29.3 Å². The molecule has 0 heterocycles. The highest BCUT2D eigenvalue weighted by Gasteiger charge is 2.06. The molecular formula is C9H9Cl2NO. The smallest absolute Gasteiger partial charge is 0.137 e. The van der Waals surface area contributed by atoms with E-state index < -0.39 is 6.04 Å². The van der Waals surface area contributed by atoms with Crippen molar-refractivity contribution in [3.05, 3.63) is 33.8 Å². The van der Waals surface area contributed by atoms with Gasteiger partial charge >= 0.3 is 0 Å². The number of hydrogen-bond acceptors (Lipinski definition) is 2. The lowest BCUT2D eigenvalue weighted by molar-refractivity contribution is -0.108. The van der Waals surface area contributed by atoms with Crippen LogP contribution in [-0.2, 0) is 11.2 Å². The van der Waals surface area contributed by atoms with Crippen molar-refractivity contribution in [2.45, 2.75) is 12.5 Å². The van der Waals surface area contributed by atoms with Gasteiger partial charge in [0, 0.05) is 10.0 Å². The fourth-order valence-corrected chi connectivity index (χ4v) is 1.47. The Morgan fingerprint density at radius 3 is 2.69 bits per heavy atom. The summed E-state index contributed by atoms with van der Waals surface area (Å²) in [6, 6.07) is 4.63. The van der Waals surface area contributed by atoms with Crippen molar-refractivity contribution in [1.82, 2.24) is 0 Å². The van der Waals surface area contributed by atoms with Gasteiger partial charge in [0.1, 0.15) is 6.29 Å². The molecule has 0 amide bonds. The van der Waals surface area contributed by atoms with Crippen LogP contribution in [0.15, 0.2) is 18.2 Å². The van der Waals surface area contributed by atoms with Crippen molar-refractivity contribution < 1.29 is 4.79 Å². The maximum Gasteiger partial charge on any atom is 0.137 e. The Bertz CT molecular complexity index is 314. The van der Waals surface area contributed by atoms with Gasteiger partial charge in [-0.25, -0.2) is 0 Å². The third kappa shape index (κ3) is 2.99. The molecule has 13 heavy (non-hydrogen) atoms. The van der Waals surface area contributed by atoms with Crippen LogP contribution in [0.25, 0.3) is 0 Å². The predicted molar refractivity (Wildman–Crippen MR) is 54.2 cm³/mol. The molecule has 0 bridgehead atoms. The lowest BCUT2D eigenvalue weighted by atomic mass is 10.1. The second kappa shape index (κ2) is 4.61. The summed E-state index contributed by atoms with van der Waals surface area (Å²) in [5.74, 6) is 0. The van der Waals surface area contributed by atoms with Crippen molar-refractivity contribution in [3.63, 3.8) is 0 Å². The number of carbonyl (C=O) groups excluding carboxylic acids is 1. The monoisotopic (exact) mass is 217 g/mol. The molecule has 0 fully saturated rings. The van der Waals surface area contributed by atoms with E-state index in [1.807, 2.05) is 0 Å². The van der Waals surface area contributed by atoms with Crippen LogP contribution in [0, 0.1) is 0 Å². The third-order valence-corrected chi connectivity index (χ3v) is 2.23. The van der Waals surface area contributed by atoms with E-state index in [4.69, 9.17) is 28.9 Å². The Morgan fingerprint density at radius 2 is 2.15 bits per heavy atom. The number of rotatable bonds is 3. The maximum absolute atomic E-state index is 10.3. The van der Waals surface area contributed by atoms with E-state index in [2.05, 4.69) is 0 Å². The highest BCUT2D eigenvalue weighted by Crippen LogP contribution is 2.21. The Morgan fingerprint density at radius 1 is 1.46 bits per heavy atom. The van der Waals surface area contributed by atoms with Crippen LogP contribution < -0.4 is 5.73 Å². The molecule has 0 spiro atoms. The predicted octanol–water partition coefficient (Wildman–Crippen LogP) is 2.06. The molecule has 0 unspecified atom stereocenters. The van der Waals surface area contributed by atoms with Crippen LogP contribution in [0.5, 0.6) is 0 Å². The zero-order valence-electron chi connectivity index (χ0n) is 6.84. The van der Waals surface area contributed by atoms with E-state index in [-0.39, 0.29) is 0 Å². The van der Waals surface area contributed by atoms with E-state index in [1.165, 1.54) is 0 Å². The lowest BCUT2D eigenvalue weighted by Gasteiger charge is -2.06. The summed E-state index contributed by atoms with van der Waals surface area (Å²) in [7, 11) is 0. The minimum atomic E-state index is -0.501. The molecule has 1 rings (SSSR count). The first kappa shape index (κ1) is 10.5. The largest absolute Gasteiger partial charge is 0.321 e. The van der Waals surface area contributed by atoms with Crippen LogP contribution in [0.3, 0.4) is 0 Å². The molecule has 0 radical (unpaired) electrons. The van der Waals surface area contributed by atoms with Gasteiger partial charge in [-0.3, -0.25) is 0 Å². The topological polar surface area (TPSA) is 43.1 Å². The van der Waals surface area contributed by atoms with Gasteiger partial charge in [-0.05, 0) is 24.1 Å². The van der Waals surface area contributed by atoms with Gasteiger partial charge in [0.05, 0.1) is 6.04 Å². The molecular weight excluding hydrogens is 209 g/mol. The van der Waals surface area contributed by atoms with Crippen LogP contribution in [-0.4, -0.2) is 12.3 Å². The third-order valence-electron chi connectivity index (χ3n) is 1.65. The number of carbonyl (C=O) groups is 1. The molecule has 1 aromatic rings. The molecule has 0 aliphatic rings. The zero-order chi connectivity index (χ0) is 9.84. The van der Waals surface area contributed by atoms with E-state index in [9.17, 15) is 4.79 Å². The Labute approximate surface area is 86.6 Å². The maximum atomic E-state index is 10.3. The number of aldehydes is 1. The highest BCUT2D eigenvalue weighted by molar-refractivity contribution is 6.35. The number of hydrogen-bond donors (Lipinski definition) is 1. The average Bonchev–Trinajstić information content (AvgIpc) is 2.09. The Kier molecular flexibility index (Phi) is 3.72. The molecule has 0 aliphatic heterocycles. The first-order valence-corrected chi connectivity index (χ1v) is 4.54. The van der Waals surface area contributed by atoms with Crippen LogP contribution in [0.1, 0.15) is 5.56 Å². The SMILES string of the molecule is N[C@H](C=O)Cc1ccc(Cl)cc1Cl. The molecule has 0 aliphatic carbocycles. The van der Waals surface area contributed by atoms with Crippen molar-refractivity contribution in [2.24, 2.45) is 5.73 Å². The summed E-state index contributed by atoms with van der Waals surface area (Å²) in [5.41, 5.74) is 6.29. The quantitative estimate of drug-likeness (QED) is 0.789. The summed E-state index contributed by atoms with van der Waals surface area (Å²) in [6.45, 7) is 0. The van der Waals surface area contributed by atoms with Gasteiger partial charge in [0.25, 0.3) is 0 Å². The van der Waals surface area contributed by atoms with Crippen LogP contribution in [0.4, 0.5) is 0 Å². The van der Waals surface area contributed by atoms with Crippen molar-refractivity contribution in [2.75, 3.05) is 0 Å². The van der Waals surface area contributed by atoms with Crippen molar-refractivity contribution in [1.29, 1.82) is 0 Å². The molecule has 0 saturated carbocycles. The second-order valence-electron chi connectivity index (χ2n) is 2.74. The minimum absolute atomic E-state index is 0.444. The summed E-state index contributed by atoms with van der Waals surface area (Å²) in [6.07, 6.45) is 1.14. The average molecular weight is 218 g/mol. The summed E-state index contributed by atoms with van der Waals surface area (Å²) in [4.78, 5) is 10.3. The van der Waals surface area contributed by atoms with E-state index in [0.29, 0.717) is 22.8 Å². The summed E-state index contributed by atoms with van der Waals surface area (Å²) < 4.78 is 0. The standard InChI is InChI=1S/C9H9Cl2NO/c10-7-2-1-6(9(11)4-7)3-8(12)5-13/h1-2,4-5,8H,3,12H2/t8-/m0/s1. The van der Waals surface area contributed by atoms with Gasteiger partial charge < -0.3 is 10.5 Å². The van der Waals surface area contributed by atoms with Crippen molar-refractivity contribution >= 4 is 29.5 Å². The second-order valence-corrected chi connectivity index (χ2v) is 3.58. The van der Waals surface area contributed by atoms with Gasteiger partial charge in [-0.2, -0.15) is 0 Å². The van der Waals surface area contributed by atoms with E-state index in [1.54, 1.807) is 18.2 Å². The minimum Gasteiger partial charge on any atom is -0.321 e. The molecule has 2 N–H and O–H groups in total. The van der Waals surface area contributed by atoms with Gasteiger partial charge in [0.15, 0.2) is 0 Å². The Balaban J connectivity index is 2.83. The summed E-state index contributed by atoms with van der Waals surface area (Å²) >= 11 is 11.6. The fourth-order valence-electron chi connectivity index (χ4n) is 0.989. The van der Waals surface area contributed by atoms with Crippen LogP contribution in [0.2, 0.25) is 10.0 Å². The molecule has 1 aromatic carbocycles. The molecule has 1 atom stereocenters. The van der Waals surface area contributed by atoms with E-state index in [0.717, 1.165) is 5.56 Å². The zero-order valence-corrected chi connectivity index (χ0v) is 8.35. The molecule has 4 heteroatoms. The first-order valence-electron chi connectivity index (χ1n) is 3.78. The number of benzene rings is 1. The fraction of sp³-hybridized carbons (Fsp3) is 0.222. The van der Waals surface area contributed by atoms with Gasteiger partial charge in [-0.15, -0.1) is 0 Å². The molecule has 0 aromatic heterocycles. The summed E-state index contributed by atoms with van der Waals surface area (Å²) in [5, 5.41) is 1.12. The molecule has 70 valence electrons. The molecule has 2 nitrogen and oxygen atoms in total. The highest BCUT2D eigenvalue weighted by atomic mass is 35.5. The first-order chi connectivity index (χ1) is 6.13. The van der Waals surface area contributed by atoms with Crippen LogP contribution >= 0.6 is 23.2 Å². The van der Waals surface area contributed by atoms with E-state index >= 15 is 0 Å². The molecule has 0 saturated heterocycles. The van der Waals surface area contributed by atoms with Gasteiger partial charge in [0.2, 0.25) is 0 Å².